The third-order valence-electron chi connectivity index (χ3n) is 4.90. The van der Waals surface area contributed by atoms with Crippen molar-refractivity contribution in [3.63, 3.8) is 0 Å². The Kier molecular flexibility index (Phi) is 2.69. The molecule has 20 heavy (non-hydrogen) atoms. The molecule has 0 aromatic heterocycles. The maximum absolute atomic E-state index is 11.6. The van der Waals surface area contributed by atoms with Crippen molar-refractivity contribution in [1.29, 1.82) is 0 Å². The van der Waals surface area contributed by atoms with Crippen molar-refractivity contribution < 1.29 is 5.11 Å². The number of rotatable bonds is 1. The van der Waals surface area contributed by atoms with Crippen molar-refractivity contribution in [3.05, 3.63) is 59.7 Å². The van der Waals surface area contributed by atoms with E-state index in [-0.39, 0.29) is 0 Å². The molecule has 1 saturated heterocycles. The molecule has 2 aromatic rings. The summed E-state index contributed by atoms with van der Waals surface area (Å²) in [7, 11) is 0. The molecule has 2 N–H and O–H groups in total. The minimum Gasteiger partial charge on any atom is -0.380 e. The summed E-state index contributed by atoms with van der Waals surface area (Å²) in [5.74, 6) is 0.300. The van der Waals surface area contributed by atoms with Crippen molar-refractivity contribution in [2.45, 2.75) is 18.4 Å². The van der Waals surface area contributed by atoms with Crippen LogP contribution >= 0.6 is 0 Å². The zero-order valence-electron chi connectivity index (χ0n) is 11.5. The van der Waals surface area contributed by atoms with E-state index in [4.69, 9.17) is 0 Å². The quantitative estimate of drug-likeness (QED) is 0.831. The molecule has 2 heteroatoms. The molecule has 0 radical (unpaired) electrons. The lowest BCUT2D eigenvalue weighted by Crippen LogP contribution is -2.41. The van der Waals surface area contributed by atoms with E-state index in [1.807, 2.05) is 12.1 Å². The molecule has 0 atom stereocenters. The lowest BCUT2D eigenvalue weighted by molar-refractivity contribution is 0.00643. The second-order valence-electron chi connectivity index (χ2n) is 5.88. The van der Waals surface area contributed by atoms with Gasteiger partial charge in [0.1, 0.15) is 5.60 Å². The van der Waals surface area contributed by atoms with Crippen molar-refractivity contribution >= 4 is 0 Å². The van der Waals surface area contributed by atoms with Crippen LogP contribution in [0, 0.1) is 5.92 Å². The number of nitrogens with one attached hydrogen (secondary N) is 1. The van der Waals surface area contributed by atoms with Crippen molar-refractivity contribution in [1.82, 2.24) is 5.32 Å². The highest BCUT2D eigenvalue weighted by Gasteiger charge is 2.47. The van der Waals surface area contributed by atoms with E-state index in [0.717, 1.165) is 37.1 Å². The Morgan fingerprint density at radius 1 is 0.850 bits per heavy atom. The Bertz CT molecular complexity index is 598. The maximum Gasteiger partial charge on any atom is 0.119 e. The molecular formula is C18H19NO. The van der Waals surface area contributed by atoms with Gasteiger partial charge in [0.05, 0.1) is 0 Å². The first-order chi connectivity index (χ1) is 9.82. The topological polar surface area (TPSA) is 32.3 Å². The van der Waals surface area contributed by atoms with Gasteiger partial charge in [0, 0.05) is 0 Å². The number of fused-ring (bicyclic) bond motifs is 3. The van der Waals surface area contributed by atoms with E-state index >= 15 is 0 Å². The first-order valence-corrected chi connectivity index (χ1v) is 7.44. The molecule has 0 spiro atoms. The van der Waals surface area contributed by atoms with Crippen LogP contribution in [0.15, 0.2) is 48.5 Å². The lowest BCUT2D eigenvalue weighted by atomic mass is 9.75. The number of aliphatic hydroxyl groups is 1. The number of hydrogen-bond donors (Lipinski definition) is 2. The molecule has 0 saturated carbocycles. The van der Waals surface area contributed by atoms with Crippen LogP contribution in [0.2, 0.25) is 0 Å². The summed E-state index contributed by atoms with van der Waals surface area (Å²) in [5.41, 5.74) is 3.77. The summed E-state index contributed by atoms with van der Waals surface area (Å²) in [6.45, 7) is 1.99. The smallest absolute Gasteiger partial charge is 0.119 e. The van der Waals surface area contributed by atoms with Crippen LogP contribution in [0.25, 0.3) is 11.1 Å². The Balaban J connectivity index is 1.94. The minimum atomic E-state index is -0.810. The van der Waals surface area contributed by atoms with Gasteiger partial charge in [0.25, 0.3) is 0 Å². The minimum absolute atomic E-state index is 0.300. The average Bonchev–Trinajstić information content (AvgIpc) is 2.80. The number of piperidine rings is 1. The monoisotopic (exact) mass is 265 g/mol. The second kappa shape index (κ2) is 4.44. The summed E-state index contributed by atoms with van der Waals surface area (Å²) in [6.07, 6.45) is 2.05. The Morgan fingerprint density at radius 3 is 1.90 bits per heavy atom. The molecular weight excluding hydrogens is 246 g/mol. The molecule has 0 amide bonds. The molecule has 102 valence electrons. The third kappa shape index (κ3) is 1.52. The Labute approximate surface area is 119 Å². The summed E-state index contributed by atoms with van der Waals surface area (Å²) in [5, 5.41) is 15.0. The van der Waals surface area contributed by atoms with Crippen LogP contribution < -0.4 is 5.32 Å². The van der Waals surface area contributed by atoms with Gasteiger partial charge in [-0.05, 0) is 54.1 Å². The van der Waals surface area contributed by atoms with Crippen molar-refractivity contribution in [2.24, 2.45) is 5.92 Å². The van der Waals surface area contributed by atoms with Crippen LogP contribution in [0.3, 0.4) is 0 Å². The van der Waals surface area contributed by atoms with Gasteiger partial charge in [0.15, 0.2) is 0 Å². The molecule has 1 aliphatic heterocycles. The van der Waals surface area contributed by atoms with Gasteiger partial charge in [-0.15, -0.1) is 0 Å². The zero-order valence-corrected chi connectivity index (χ0v) is 11.5. The predicted octanol–water partition coefficient (Wildman–Crippen LogP) is 2.90. The van der Waals surface area contributed by atoms with E-state index in [0.29, 0.717) is 5.92 Å². The van der Waals surface area contributed by atoms with Gasteiger partial charge < -0.3 is 10.4 Å². The Hall–Kier alpha value is -1.64. The predicted molar refractivity (Wildman–Crippen MR) is 80.5 cm³/mol. The standard InChI is InChI=1S/C18H19NO/c20-18(13-9-11-19-12-10-13)16-7-3-1-5-14(16)15-6-2-4-8-17(15)18/h1-8,13,19-20H,9-12H2. The van der Waals surface area contributed by atoms with E-state index in [1.54, 1.807) is 0 Å². The molecule has 0 bridgehead atoms. The molecule has 2 aliphatic rings. The molecule has 1 heterocycles. The first kappa shape index (κ1) is 12.1. The summed E-state index contributed by atoms with van der Waals surface area (Å²) in [4.78, 5) is 0. The van der Waals surface area contributed by atoms with Crippen LogP contribution in [-0.2, 0) is 5.60 Å². The molecule has 1 fully saturated rings. The summed E-state index contributed by atoms with van der Waals surface area (Å²) in [6, 6.07) is 16.6. The molecule has 4 rings (SSSR count). The SMILES string of the molecule is OC1(C2CCNCC2)c2ccccc2-c2ccccc21. The van der Waals surface area contributed by atoms with Gasteiger partial charge >= 0.3 is 0 Å². The van der Waals surface area contributed by atoms with Crippen molar-refractivity contribution in [3.8, 4) is 11.1 Å². The van der Waals surface area contributed by atoms with Crippen LogP contribution in [-0.4, -0.2) is 18.2 Å². The molecule has 0 unspecified atom stereocenters. The van der Waals surface area contributed by atoms with E-state index in [1.165, 1.54) is 11.1 Å². The van der Waals surface area contributed by atoms with Crippen LogP contribution in [0.1, 0.15) is 24.0 Å². The number of hydrogen-bond acceptors (Lipinski definition) is 2. The largest absolute Gasteiger partial charge is 0.380 e. The van der Waals surface area contributed by atoms with Gasteiger partial charge in [-0.3, -0.25) is 0 Å². The van der Waals surface area contributed by atoms with Crippen LogP contribution in [0.5, 0.6) is 0 Å². The van der Waals surface area contributed by atoms with E-state index < -0.39 is 5.60 Å². The van der Waals surface area contributed by atoms with E-state index in [9.17, 15) is 5.11 Å². The maximum atomic E-state index is 11.6. The highest BCUT2D eigenvalue weighted by Crippen LogP contribution is 2.52. The zero-order chi connectivity index (χ0) is 13.6. The lowest BCUT2D eigenvalue weighted by Gasteiger charge is -2.37. The first-order valence-electron chi connectivity index (χ1n) is 7.44. The van der Waals surface area contributed by atoms with Crippen LogP contribution in [0.4, 0.5) is 0 Å². The summed E-state index contributed by atoms with van der Waals surface area (Å²) < 4.78 is 0. The fourth-order valence-electron chi connectivity index (χ4n) is 3.93. The molecule has 2 nitrogen and oxygen atoms in total. The third-order valence-corrected chi connectivity index (χ3v) is 4.90. The van der Waals surface area contributed by atoms with Gasteiger partial charge in [0.2, 0.25) is 0 Å². The molecule has 2 aromatic carbocycles. The molecule has 1 aliphatic carbocycles. The highest BCUT2D eigenvalue weighted by atomic mass is 16.3. The normalized spacial score (nSPS) is 20.4. The van der Waals surface area contributed by atoms with Crippen molar-refractivity contribution in [2.75, 3.05) is 13.1 Å². The van der Waals surface area contributed by atoms with Gasteiger partial charge in [-0.25, -0.2) is 0 Å². The van der Waals surface area contributed by atoms with E-state index in [2.05, 4.69) is 41.7 Å². The van der Waals surface area contributed by atoms with Gasteiger partial charge in [-0.1, -0.05) is 48.5 Å². The average molecular weight is 265 g/mol. The van der Waals surface area contributed by atoms with Gasteiger partial charge in [-0.2, -0.15) is 0 Å². The second-order valence-corrected chi connectivity index (χ2v) is 5.88. The highest BCUT2D eigenvalue weighted by molar-refractivity contribution is 5.80. The number of benzene rings is 2. The Morgan fingerprint density at radius 2 is 1.35 bits per heavy atom. The summed E-state index contributed by atoms with van der Waals surface area (Å²) >= 11 is 0. The fourth-order valence-corrected chi connectivity index (χ4v) is 3.93. The fraction of sp³-hybridized carbons (Fsp3) is 0.333.